The minimum Gasteiger partial charge on any atom is -0.497 e. The molecule has 0 bridgehead atoms. The summed E-state index contributed by atoms with van der Waals surface area (Å²) >= 11 is 0. The van der Waals surface area contributed by atoms with Gasteiger partial charge in [0.05, 0.1) is 18.0 Å². The molecule has 1 aliphatic rings. The number of pyridine rings is 1. The number of nitrogens with two attached hydrogens (primary N) is 1. The van der Waals surface area contributed by atoms with Crippen LogP contribution >= 0.6 is 0 Å². The number of hydroxylamine groups is 1. The maximum absolute atomic E-state index is 15.9. The number of fused-ring (bicyclic) bond motifs is 1. The van der Waals surface area contributed by atoms with Gasteiger partial charge in [-0.2, -0.15) is 4.39 Å². The normalized spacial score (nSPS) is 16.1. The molecule has 8 nitrogen and oxygen atoms in total. The molecule has 2 heterocycles. The van der Waals surface area contributed by atoms with Crippen molar-refractivity contribution in [2.75, 3.05) is 33.4 Å². The van der Waals surface area contributed by atoms with E-state index in [1.807, 2.05) is 4.90 Å². The number of ether oxygens (including phenoxy) is 2. The lowest BCUT2D eigenvalue weighted by molar-refractivity contribution is -0.143. The van der Waals surface area contributed by atoms with Gasteiger partial charge in [0.25, 0.3) is 0 Å². The minimum absolute atomic E-state index is 0.00423. The fraction of sp³-hybridized carbons (Fsp3) is 0.429. The van der Waals surface area contributed by atoms with Crippen molar-refractivity contribution >= 4 is 16.8 Å². The van der Waals surface area contributed by atoms with E-state index in [2.05, 4.69) is 4.98 Å². The van der Waals surface area contributed by atoms with Crippen LogP contribution in [0.15, 0.2) is 36.5 Å². The molecule has 40 heavy (non-hydrogen) atoms. The second-order valence-electron chi connectivity index (χ2n) is 9.90. The zero-order valence-electron chi connectivity index (χ0n) is 22.1. The summed E-state index contributed by atoms with van der Waals surface area (Å²) in [5, 5.41) is 10.0. The average molecular weight is 565 g/mol. The third kappa shape index (κ3) is 6.29. The first-order chi connectivity index (χ1) is 19.2. The highest BCUT2D eigenvalue weighted by Gasteiger charge is 2.41. The Labute approximate surface area is 229 Å². The summed E-state index contributed by atoms with van der Waals surface area (Å²) in [4.78, 5) is 19.1. The average Bonchev–Trinajstić information content (AvgIpc) is 2.97. The molecule has 1 atom stereocenters. The van der Waals surface area contributed by atoms with Gasteiger partial charge in [0.15, 0.2) is 11.6 Å². The van der Waals surface area contributed by atoms with E-state index in [4.69, 9.17) is 15.2 Å². The van der Waals surface area contributed by atoms with Crippen molar-refractivity contribution in [3.8, 4) is 11.5 Å². The van der Waals surface area contributed by atoms with Crippen LogP contribution in [0.4, 0.5) is 17.6 Å². The number of rotatable bonds is 11. The van der Waals surface area contributed by atoms with E-state index in [0.717, 1.165) is 6.07 Å². The number of nitrogens with zero attached hydrogens (tertiary/aromatic N) is 2. The predicted octanol–water partition coefficient (Wildman–Crippen LogP) is 4.58. The Kier molecular flexibility index (Phi) is 9.44. The number of methoxy groups -OCH3 is 1. The number of halogens is 4. The lowest BCUT2D eigenvalue weighted by Crippen LogP contribution is -2.49. The molecule has 2 aromatic carbocycles. The number of benzene rings is 2. The highest BCUT2D eigenvalue weighted by atomic mass is 19.2. The molecule has 1 amide bonds. The largest absolute Gasteiger partial charge is 0.497 e. The summed E-state index contributed by atoms with van der Waals surface area (Å²) in [7, 11) is 1.52. The second kappa shape index (κ2) is 12.8. The number of piperidine rings is 1. The van der Waals surface area contributed by atoms with Crippen molar-refractivity contribution in [2.24, 2.45) is 11.1 Å². The lowest BCUT2D eigenvalue weighted by atomic mass is 9.73. The van der Waals surface area contributed by atoms with E-state index in [-0.39, 0.29) is 26.0 Å². The molecule has 1 aromatic heterocycles. The summed E-state index contributed by atoms with van der Waals surface area (Å²) in [6.45, 7) is 1.19. The Morgan fingerprint density at radius 1 is 1.23 bits per heavy atom. The molecule has 0 saturated carbocycles. The summed E-state index contributed by atoms with van der Waals surface area (Å²) in [6, 6.07) is 6.40. The Morgan fingerprint density at radius 3 is 2.65 bits per heavy atom. The molecular weight excluding hydrogens is 532 g/mol. The Bertz CT molecular complexity index is 1350. The molecule has 0 radical (unpaired) electrons. The number of alkyl halides is 1. The number of hydrogen-bond donors (Lipinski definition) is 3. The summed E-state index contributed by atoms with van der Waals surface area (Å²) in [6.07, 6.45) is 0.915. The van der Waals surface area contributed by atoms with E-state index in [0.29, 0.717) is 66.3 Å². The predicted molar refractivity (Wildman–Crippen MR) is 139 cm³/mol. The van der Waals surface area contributed by atoms with Crippen molar-refractivity contribution in [1.29, 1.82) is 0 Å². The summed E-state index contributed by atoms with van der Waals surface area (Å²) in [5.74, 6) is -4.11. The van der Waals surface area contributed by atoms with Crippen molar-refractivity contribution in [2.45, 2.75) is 38.4 Å². The molecule has 4 N–H and O–H groups in total. The first-order valence-electron chi connectivity index (χ1n) is 12.9. The van der Waals surface area contributed by atoms with E-state index >= 15 is 4.39 Å². The first kappa shape index (κ1) is 29.5. The molecule has 1 fully saturated rings. The van der Waals surface area contributed by atoms with Gasteiger partial charge >= 0.3 is 0 Å². The van der Waals surface area contributed by atoms with Gasteiger partial charge in [-0.05, 0) is 62.5 Å². The Hall–Kier alpha value is -3.48. The monoisotopic (exact) mass is 564 g/mol. The van der Waals surface area contributed by atoms with Gasteiger partial charge < -0.3 is 15.2 Å². The number of hydrogen-bond acceptors (Lipinski definition) is 7. The molecule has 3 aromatic rings. The minimum atomic E-state index is -1.45. The number of likely N-dealkylation sites (tertiary alicyclic amines) is 1. The molecule has 1 unspecified atom stereocenters. The summed E-state index contributed by atoms with van der Waals surface area (Å²) in [5.41, 5.74) is 8.16. The van der Waals surface area contributed by atoms with Crippen LogP contribution < -0.4 is 20.7 Å². The fourth-order valence-electron chi connectivity index (χ4n) is 5.28. The molecule has 216 valence electrons. The highest BCUT2D eigenvalue weighted by Crippen LogP contribution is 2.41. The molecule has 4 rings (SSSR count). The number of nitrogens with one attached hydrogen (secondary N) is 1. The SMILES string of the molecule is COc1ccc2ncc(CN)c(C(F)CCC3(C(=O)NO)CCN(CCOc4cc(F)cc(F)c4F)CC3)c2c1. The maximum Gasteiger partial charge on any atom is 0.249 e. The smallest absolute Gasteiger partial charge is 0.249 e. The van der Waals surface area contributed by atoms with Gasteiger partial charge in [0, 0.05) is 42.4 Å². The van der Waals surface area contributed by atoms with Crippen LogP contribution in [0.2, 0.25) is 0 Å². The maximum atomic E-state index is 15.9. The van der Waals surface area contributed by atoms with E-state index in [1.54, 1.807) is 29.9 Å². The molecule has 1 saturated heterocycles. The molecular formula is C28H32F4N4O4. The number of amides is 1. The van der Waals surface area contributed by atoms with E-state index in [1.165, 1.54) is 7.11 Å². The van der Waals surface area contributed by atoms with Gasteiger partial charge in [-0.3, -0.25) is 19.9 Å². The number of carbonyl (C=O) groups is 1. The van der Waals surface area contributed by atoms with Crippen LogP contribution in [0.3, 0.4) is 0 Å². The van der Waals surface area contributed by atoms with Crippen molar-refractivity contribution in [1.82, 2.24) is 15.4 Å². The van der Waals surface area contributed by atoms with Crippen LogP contribution in [0.1, 0.15) is 43.0 Å². The van der Waals surface area contributed by atoms with E-state index < -0.39 is 40.7 Å². The van der Waals surface area contributed by atoms with Gasteiger partial charge in [0.2, 0.25) is 11.7 Å². The van der Waals surface area contributed by atoms with Crippen LogP contribution in [0.5, 0.6) is 11.5 Å². The van der Waals surface area contributed by atoms with Crippen LogP contribution in [0.25, 0.3) is 10.9 Å². The highest BCUT2D eigenvalue weighted by molar-refractivity contribution is 5.85. The summed E-state index contributed by atoms with van der Waals surface area (Å²) < 4.78 is 67.0. The van der Waals surface area contributed by atoms with Crippen molar-refractivity contribution < 1.29 is 37.0 Å². The Balaban J connectivity index is 1.42. The molecule has 1 aliphatic heterocycles. The van der Waals surface area contributed by atoms with Gasteiger partial charge in [-0.1, -0.05) is 0 Å². The molecule has 0 aliphatic carbocycles. The number of aromatic nitrogens is 1. The van der Waals surface area contributed by atoms with Crippen molar-refractivity contribution in [3.63, 3.8) is 0 Å². The van der Waals surface area contributed by atoms with Crippen LogP contribution in [-0.4, -0.2) is 54.3 Å². The lowest BCUT2D eigenvalue weighted by Gasteiger charge is -2.40. The third-order valence-corrected chi connectivity index (χ3v) is 7.63. The topological polar surface area (TPSA) is 110 Å². The first-order valence-corrected chi connectivity index (χ1v) is 12.9. The van der Waals surface area contributed by atoms with Gasteiger partial charge in [-0.25, -0.2) is 18.7 Å². The zero-order valence-corrected chi connectivity index (χ0v) is 22.1. The standard InChI is InChI=1S/C28H32F4N4O4/c1-39-19-2-3-23-20(14-19)25(17(15-33)16-34-23)21(30)4-5-28(27(37)35-38)6-8-36(9-7-28)10-11-40-24-13-18(29)12-22(31)26(24)32/h2-3,12-14,16,21,38H,4-11,15,33H2,1H3,(H,35,37). The quantitative estimate of drug-likeness (QED) is 0.135. The van der Waals surface area contributed by atoms with E-state index in [9.17, 15) is 23.2 Å². The molecule has 0 spiro atoms. The Morgan fingerprint density at radius 2 is 1.98 bits per heavy atom. The zero-order chi connectivity index (χ0) is 28.9. The van der Waals surface area contributed by atoms with Gasteiger partial charge in [0.1, 0.15) is 24.3 Å². The molecule has 12 heteroatoms. The number of carbonyl (C=O) groups excluding carboxylic acids is 1. The van der Waals surface area contributed by atoms with Crippen LogP contribution in [-0.2, 0) is 11.3 Å². The van der Waals surface area contributed by atoms with Gasteiger partial charge in [-0.15, -0.1) is 0 Å². The van der Waals surface area contributed by atoms with Crippen LogP contribution in [0, 0.1) is 22.9 Å². The van der Waals surface area contributed by atoms with Crippen molar-refractivity contribution in [3.05, 3.63) is 65.1 Å². The third-order valence-electron chi connectivity index (χ3n) is 7.63. The second-order valence-corrected chi connectivity index (χ2v) is 9.90. The fourth-order valence-corrected chi connectivity index (χ4v) is 5.28.